The van der Waals surface area contributed by atoms with E-state index in [1.807, 2.05) is 0 Å². The van der Waals surface area contributed by atoms with Crippen LogP contribution in [-0.2, 0) is 32.7 Å². The molecule has 1 aliphatic heterocycles. The number of alkyl halides is 3. The third-order valence-corrected chi connectivity index (χ3v) is 7.05. The summed E-state index contributed by atoms with van der Waals surface area (Å²) >= 11 is 0. The minimum atomic E-state index is -4.90. The van der Waals surface area contributed by atoms with E-state index in [9.17, 15) is 38.0 Å². The Hall–Kier alpha value is -1.50. The van der Waals surface area contributed by atoms with Gasteiger partial charge in [-0.3, -0.25) is 14.2 Å². The smallest absolute Gasteiger partial charge is 0.406 e. The number of anilines is 2. The van der Waals surface area contributed by atoms with Crippen LogP contribution in [0.3, 0.4) is 0 Å². The van der Waals surface area contributed by atoms with Gasteiger partial charge in [-0.1, -0.05) is 6.92 Å². The second-order valence-electron chi connectivity index (χ2n) is 8.74. The molecule has 3 atom stereocenters. The zero-order valence-electron chi connectivity index (χ0n) is 17.2. The van der Waals surface area contributed by atoms with Crippen molar-refractivity contribution < 1.29 is 75.4 Å². The third kappa shape index (κ3) is 3.39. The van der Waals surface area contributed by atoms with Crippen LogP contribution in [0.2, 0.25) is 0 Å². The molecular formula is C21H19F4N2O5Y-. The summed E-state index contributed by atoms with van der Waals surface area (Å²) in [6.07, 6.45) is -4.20. The van der Waals surface area contributed by atoms with E-state index in [2.05, 4.69) is 10.8 Å². The average molecular weight is 544 g/mol. The summed E-state index contributed by atoms with van der Waals surface area (Å²) in [4.78, 5) is 1.43. The van der Waals surface area contributed by atoms with Crippen LogP contribution < -0.4 is 14.5 Å². The van der Waals surface area contributed by atoms with Gasteiger partial charge in [0, 0.05) is 55.7 Å². The molecule has 7 nitrogen and oxygen atoms in total. The number of nitrogens with zero attached hydrogens (tertiary/aromatic N) is 2. The molecule has 1 saturated heterocycles. The topological polar surface area (TPSA) is 96.6 Å². The zero-order chi connectivity index (χ0) is 23.3. The Morgan fingerprint density at radius 3 is 2.30 bits per heavy atom. The standard InChI is InChI=1S/C21H19F4N2O5.Y/c1-17-11-18(17)10-16(18)26(12-6-8-13(9-7-12)32-20(23,24)25)21(30,31)27(19(17,28)29)15-5-3-2-4-14(15)22;/h3-9,16,28-31H,10-11H2,1H3;/q-1;. The maximum absolute atomic E-state index is 14.6. The molecule has 3 aliphatic rings. The van der Waals surface area contributed by atoms with Crippen molar-refractivity contribution in [3.63, 3.8) is 0 Å². The monoisotopic (exact) mass is 544 g/mol. The number of ether oxygens (including phenoxy) is 1. The van der Waals surface area contributed by atoms with Gasteiger partial charge in [0.2, 0.25) is 0 Å². The van der Waals surface area contributed by atoms with E-state index in [-0.39, 0.29) is 38.4 Å². The average Bonchev–Trinajstić information content (AvgIpc) is 3.53. The largest absolute Gasteiger partial charge is 0.573 e. The molecule has 3 unspecified atom stereocenters. The van der Waals surface area contributed by atoms with Gasteiger partial charge >= 0.3 is 12.4 Å². The van der Waals surface area contributed by atoms with Crippen LogP contribution in [-0.4, -0.2) is 44.8 Å². The minimum absolute atomic E-state index is 0. The van der Waals surface area contributed by atoms with E-state index in [0.29, 0.717) is 17.7 Å². The molecule has 4 N–H and O–H groups in total. The Labute approximate surface area is 211 Å². The van der Waals surface area contributed by atoms with Crippen molar-refractivity contribution in [2.45, 2.75) is 44.1 Å². The van der Waals surface area contributed by atoms with Crippen LogP contribution in [0, 0.1) is 22.7 Å². The molecule has 2 aliphatic carbocycles. The number of aliphatic hydroxyl groups is 4. The number of rotatable bonds is 3. The van der Waals surface area contributed by atoms with E-state index in [0.717, 1.165) is 29.2 Å². The normalized spacial score (nSPS) is 31.0. The molecule has 175 valence electrons. The van der Waals surface area contributed by atoms with Crippen LogP contribution in [0.4, 0.5) is 28.9 Å². The Morgan fingerprint density at radius 2 is 1.73 bits per heavy atom. The molecule has 1 radical (unpaired) electrons. The predicted octanol–water partition coefficient (Wildman–Crippen LogP) is 2.25. The van der Waals surface area contributed by atoms with Crippen molar-refractivity contribution in [1.82, 2.24) is 0 Å². The summed E-state index contributed by atoms with van der Waals surface area (Å²) in [6.45, 7) is 1.56. The Kier molecular flexibility index (Phi) is 5.41. The van der Waals surface area contributed by atoms with E-state index >= 15 is 0 Å². The molecule has 0 bridgehead atoms. The number of hydrogen-bond donors (Lipinski definition) is 4. The van der Waals surface area contributed by atoms with Crippen LogP contribution in [0.1, 0.15) is 19.8 Å². The van der Waals surface area contributed by atoms with Crippen molar-refractivity contribution >= 4 is 11.4 Å². The summed E-state index contributed by atoms with van der Waals surface area (Å²) in [6, 6.07) is 6.41. The van der Waals surface area contributed by atoms with Gasteiger partial charge in [0.05, 0.1) is 5.41 Å². The molecular weight excluding hydrogens is 525 g/mol. The van der Waals surface area contributed by atoms with Gasteiger partial charge in [-0.25, -0.2) is 0 Å². The van der Waals surface area contributed by atoms with E-state index in [1.54, 1.807) is 6.92 Å². The van der Waals surface area contributed by atoms with Crippen LogP contribution in [0.25, 0.3) is 0 Å². The fraction of sp³-hybridized carbons (Fsp3) is 0.429. The molecule has 0 amide bonds. The van der Waals surface area contributed by atoms with Gasteiger partial charge in [0.15, 0.2) is 0 Å². The SMILES string of the molecule is CC12CC13CC3N(c1ccc(OC(F)(F)F)cc1)C(O)(O)N(c1cc[c-]cc1F)C2(O)O.[Y]. The maximum atomic E-state index is 14.6. The summed E-state index contributed by atoms with van der Waals surface area (Å²) in [5, 5.41) is 44.8. The Bertz CT molecular complexity index is 1080. The fourth-order valence-corrected chi connectivity index (χ4v) is 5.29. The Morgan fingerprint density at radius 1 is 1.09 bits per heavy atom. The maximum Gasteiger partial charge on any atom is 0.573 e. The summed E-state index contributed by atoms with van der Waals surface area (Å²) in [5.74, 6) is -4.35. The fourth-order valence-electron chi connectivity index (χ4n) is 5.29. The molecule has 2 aromatic rings. The molecule has 5 rings (SSSR count). The van der Waals surface area contributed by atoms with Crippen LogP contribution in [0.15, 0.2) is 42.5 Å². The zero-order valence-corrected chi connectivity index (χ0v) is 20.1. The van der Waals surface area contributed by atoms with Gasteiger partial charge in [0.25, 0.3) is 5.91 Å². The van der Waals surface area contributed by atoms with Gasteiger partial charge < -0.3 is 25.2 Å². The quantitative estimate of drug-likeness (QED) is 0.268. The minimum Gasteiger partial charge on any atom is -0.406 e. The summed E-state index contributed by atoms with van der Waals surface area (Å²) in [5.41, 5.74) is -2.33. The van der Waals surface area contributed by atoms with Crippen molar-refractivity contribution in [3.05, 3.63) is 54.3 Å². The molecule has 12 heteroatoms. The number of hydrogen-bond acceptors (Lipinski definition) is 7. The molecule has 0 aromatic heterocycles. The van der Waals surface area contributed by atoms with Gasteiger partial charge in [0.1, 0.15) is 5.75 Å². The first kappa shape index (κ1) is 24.6. The number of halogens is 4. The van der Waals surface area contributed by atoms with Crippen molar-refractivity contribution in [2.24, 2.45) is 10.8 Å². The van der Waals surface area contributed by atoms with Crippen molar-refractivity contribution in [3.8, 4) is 5.75 Å². The first-order valence-corrected chi connectivity index (χ1v) is 9.75. The summed E-state index contributed by atoms with van der Waals surface area (Å²) in [7, 11) is 0. The molecule has 2 aromatic carbocycles. The predicted molar refractivity (Wildman–Crippen MR) is 101 cm³/mol. The molecule has 33 heavy (non-hydrogen) atoms. The molecule has 1 spiro atoms. The molecule has 3 fully saturated rings. The van der Waals surface area contributed by atoms with Gasteiger partial charge in [-0.15, -0.1) is 25.3 Å². The van der Waals surface area contributed by atoms with E-state index in [1.165, 1.54) is 18.2 Å². The second kappa shape index (κ2) is 7.25. The molecule has 2 saturated carbocycles. The first-order valence-electron chi connectivity index (χ1n) is 9.75. The first-order chi connectivity index (χ1) is 14.7. The molecule has 1 heterocycles. The third-order valence-electron chi connectivity index (χ3n) is 7.05. The summed E-state index contributed by atoms with van der Waals surface area (Å²) < 4.78 is 56.0. The number of benzene rings is 2. The second-order valence-corrected chi connectivity index (χ2v) is 8.74. The van der Waals surface area contributed by atoms with Gasteiger partial charge in [-0.2, -0.15) is 12.1 Å². The van der Waals surface area contributed by atoms with Crippen LogP contribution in [0.5, 0.6) is 5.75 Å². The van der Waals surface area contributed by atoms with E-state index < -0.39 is 52.4 Å². The Balaban J connectivity index is 0.00000259. The van der Waals surface area contributed by atoms with Crippen molar-refractivity contribution in [2.75, 3.05) is 9.80 Å². The van der Waals surface area contributed by atoms with E-state index in [4.69, 9.17) is 0 Å². The van der Waals surface area contributed by atoms with Crippen molar-refractivity contribution in [1.29, 1.82) is 0 Å². The van der Waals surface area contributed by atoms with Crippen LogP contribution >= 0.6 is 0 Å². The van der Waals surface area contributed by atoms with Gasteiger partial charge in [-0.05, 0) is 42.8 Å².